The van der Waals surface area contributed by atoms with Crippen LogP contribution in [0.2, 0.25) is 0 Å². The Hall–Kier alpha value is -1.57. The van der Waals surface area contributed by atoms with Crippen LogP contribution in [-0.4, -0.2) is 33.3 Å². The molecule has 0 aliphatic rings. The van der Waals surface area contributed by atoms with E-state index in [0.29, 0.717) is 0 Å². The standard InChI is InChI=1S/C17H20N2Se/c1-3-18(15-11-7-5-8-12-15)17(20)19(4-2)16-13-9-6-10-14-16/h5-14H,3-4H2,1-2H3. The van der Waals surface area contributed by atoms with Crippen molar-refractivity contribution in [2.24, 2.45) is 0 Å². The summed E-state index contributed by atoms with van der Waals surface area (Å²) in [7, 11) is 0. The summed E-state index contributed by atoms with van der Waals surface area (Å²) in [5, 5.41) is 0. The van der Waals surface area contributed by atoms with Crippen molar-refractivity contribution in [1.82, 2.24) is 0 Å². The van der Waals surface area contributed by atoms with E-state index in [1.807, 2.05) is 12.1 Å². The maximum atomic E-state index is 3.24. The summed E-state index contributed by atoms with van der Waals surface area (Å²) in [5.41, 5.74) is 2.41. The monoisotopic (exact) mass is 332 g/mol. The third-order valence-corrected chi connectivity index (χ3v) is 4.15. The molecule has 2 aromatic carbocycles. The zero-order chi connectivity index (χ0) is 14.4. The van der Waals surface area contributed by atoms with E-state index in [4.69, 9.17) is 0 Å². The van der Waals surface area contributed by atoms with Gasteiger partial charge < -0.3 is 0 Å². The second-order valence-corrected chi connectivity index (χ2v) is 5.21. The van der Waals surface area contributed by atoms with Crippen molar-refractivity contribution in [2.45, 2.75) is 13.8 Å². The van der Waals surface area contributed by atoms with Gasteiger partial charge in [-0.1, -0.05) is 0 Å². The van der Waals surface area contributed by atoms with Gasteiger partial charge in [-0.25, -0.2) is 0 Å². The van der Waals surface area contributed by atoms with E-state index in [2.05, 4.69) is 87.8 Å². The molecule has 0 saturated carbocycles. The number of hydrogen-bond donors (Lipinski definition) is 0. The van der Waals surface area contributed by atoms with Crippen molar-refractivity contribution in [1.29, 1.82) is 0 Å². The molecule has 0 atom stereocenters. The molecule has 3 heteroatoms. The molecule has 0 N–H and O–H groups in total. The van der Waals surface area contributed by atoms with Crippen LogP contribution < -0.4 is 9.80 Å². The Morgan fingerprint density at radius 2 is 1.10 bits per heavy atom. The van der Waals surface area contributed by atoms with Crippen molar-refractivity contribution in [3.8, 4) is 0 Å². The van der Waals surface area contributed by atoms with Gasteiger partial charge in [-0.05, 0) is 0 Å². The molecule has 0 aliphatic heterocycles. The zero-order valence-corrected chi connectivity index (χ0v) is 13.7. The Morgan fingerprint density at radius 3 is 1.40 bits per heavy atom. The van der Waals surface area contributed by atoms with Crippen LogP contribution in [0.15, 0.2) is 60.7 Å². The summed E-state index contributed by atoms with van der Waals surface area (Å²) in [6, 6.07) is 20.9. The number of hydrogen-bond acceptors (Lipinski definition) is 2. The average molecular weight is 331 g/mol. The van der Waals surface area contributed by atoms with Crippen LogP contribution in [0.3, 0.4) is 0 Å². The second-order valence-electron chi connectivity index (χ2n) is 4.44. The second kappa shape index (κ2) is 7.28. The summed E-state index contributed by atoms with van der Waals surface area (Å²) in [5.74, 6) is 0. The molecular formula is C17H20N2Se. The molecule has 0 spiro atoms. The predicted molar refractivity (Wildman–Crippen MR) is 89.7 cm³/mol. The number of anilines is 2. The third kappa shape index (κ3) is 3.30. The van der Waals surface area contributed by atoms with Crippen LogP contribution in [0.5, 0.6) is 0 Å². The molecule has 2 aromatic rings. The number of para-hydroxylation sites is 2. The van der Waals surface area contributed by atoms with E-state index >= 15 is 0 Å². The fourth-order valence-corrected chi connectivity index (χ4v) is 3.20. The van der Waals surface area contributed by atoms with E-state index in [0.717, 1.165) is 17.8 Å². The van der Waals surface area contributed by atoms with Gasteiger partial charge in [-0.2, -0.15) is 0 Å². The Bertz CT molecular complexity index is 490. The molecule has 104 valence electrons. The van der Waals surface area contributed by atoms with Crippen LogP contribution in [0.4, 0.5) is 11.4 Å². The molecule has 0 unspecified atom stereocenters. The molecule has 20 heavy (non-hydrogen) atoms. The van der Waals surface area contributed by atoms with Gasteiger partial charge in [0.2, 0.25) is 0 Å². The van der Waals surface area contributed by atoms with Gasteiger partial charge in [0.15, 0.2) is 0 Å². The molecule has 0 bridgehead atoms. The van der Waals surface area contributed by atoms with Crippen molar-refractivity contribution in [3.63, 3.8) is 0 Å². The number of rotatable bonds is 6. The minimum absolute atomic E-state index is 0.926. The third-order valence-electron chi connectivity index (χ3n) is 3.23. The van der Waals surface area contributed by atoms with Gasteiger partial charge in [0.1, 0.15) is 0 Å². The quantitative estimate of drug-likeness (QED) is 0.750. The van der Waals surface area contributed by atoms with Crippen molar-refractivity contribution >= 4 is 31.6 Å². The Labute approximate surface area is 129 Å². The topological polar surface area (TPSA) is 6.48 Å². The summed E-state index contributed by atoms with van der Waals surface area (Å²) >= 11 is 3.24. The van der Waals surface area contributed by atoms with Crippen molar-refractivity contribution < 1.29 is 0 Å². The number of benzene rings is 2. The van der Waals surface area contributed by atoms with Crippen LogP contribution in [0, 0.1) is 0 Å². The molecule has 0 radical (unpaired) electrons. The van der Waals surface area contributed by atoms with Gasteiger partial charge in [0, 0.05) is 0 Å². The fourth-order valence-electron chi connectivity index (χ4n) is 2.22. The van der Waals surface area contributed by atoms with Crippen LogP contribution in [0.1, 0.15) is 13.8 Å². The summed E-state index contributed by atoms with van der Waals surface area (Å²) in [6.45, 7) is 6.19. The van der Waals surface area contributed by atoms with E-state index in [1.54, 1.807) is 0 Å². The summed E-state index contributed by atoms with van der Waals surface area (Å²) in [4.78, 5) is 4.58. The van der Waals surface area contributed by atoms with Crippen LogP contribution in [-0.2, 0) is 0 Å². The van der Waals surface area contributed by atoms with Crippen LogP contribution in [0.25, 0.3) is 0 Å². The molecule has 0 saturated heterocycles. The molecule has 2 rings (SSSR count). The SMILES string of the molecule is CCN(C(=[Se])N(CC)c1ccccc1)c1ccccc1. The summed E-state index contributed by atoms with van der Waals surface area (Å²) < 4.78 is 1.13. The molecule has 0 aromatic heterocycles. The predicted octanol–water partition coefficient (Wildman–Crippen LogP) is 3.30. The van der Waals surface area contributed by atoms with Gasteiger partial charge in [0.25, 0.3) is 0 Å². The first-order chi connectivity index (χ1) is 9.77. The van der Waals surface area contributed by atoms with Crippen LogP contribution >= 0.6 is 0 Å². The normalized spacial score (nSPS) is 10.1. The van der Waals surface area contributed by atoms with E-state index in [-0.39, 0.29) is 0 Å². The fraction of sp³-hybridized carbons (Fsp3) is 0.235. The first-order valence-corrected chi connectivity index (χ1v) is 7.82. The van der Waals surface area contributed by atoms with E-state index < -0.39 is 0 Å². The van der Waals surface area contributed by atoms with Gasteiger partial charge in [-0.15, -0.1) is 0 Å². The molecule has 0 fully saturated rings. The first-order valence-electron chi connectivity index (χ1n) is 6.97. The Balaban J connectivity index is 2.28. The Kier molecular flexibility index (Phi) is 5.39. The van der Waals surface area contributed by atoms with E-state index in [1.165, 1.54) is 11.4 Å². The molecule has 0 heterocycles. The Morgan fingerprint density at radius 1 is 0.750 bits per heavy atom. The van der Waals surface area contributed by atoms with Crippen molar-refractivity contribution in [3.05, 3.63) is 60.7 Å². The molecule has 0 aliphatic carbocycles. The molecule has 2 nitrogen and oxygen atoms in total. The van der Waals surface area contributed by atoms with E-state index in [9.17, 15) is 0 Å². The van der Waals surface area contributed by atoms with Gasteiger partial charge in [0.05, 0.1) is 0 Å². The first kappa shape index (κ1) is 14.8. The zero-order valence-electron chi connectivity index (χ0n) is 12.0. The van der Waals surface area contributed by atoms with Crippen molar-refractivity contribution in [2.75, 3.05) is 22.9 Å². The maximum absolute atomic E-state index is 3.24. The summed E-state index contributed by atoms with van der Waals surface area (Å²) in [6.07, 6.45) is 0. The molecular weight excluding hydrogens is 311 g/mol. The number of nitrogens with zero attached hydrogens (tertiary/aromatic N) is 2. The van der Waals surface area contributed by atoms with Gasteiger partial charge in [-0.3, -0.25) is 0 Å². The molecule has 0 amide bonds. The average Bonchev–Trinajstić information content (AvgIpc) is 2.51. The minimum atomic E-state index is 0.926. The van der Waals surface area contributed by atoms with Gasteiger partial charge >= 0.3 is 129 Å².